The fourth-order valence-electron chi connectivity index (χ4n) is 4.20. The summed E-state index contributed by atoms with van der Waals surface area (Å²) in [4.78, 5) is 34.4. The number of aryl methyl sites for hydroxylation is 2. The minimum atomic E-state index is -0.901. The van der Waals surface area contributed by atoms with Gasteiger partial charge in [0.2, 0.25) is 0 Å². The number of benzene rings is 1. The minimum absolute atomic E-state index is 0.215. The molecule has 9 heteroatoms. The zero-order valence-corrected chi connectivity index (χ0v) is 21.7. The number of carboxylic acid groups (broad SMARTS) is 1. The Labute approximate surface area is 207 Å². The van der Waals surface area contributed by atoms with Crippen LogP contribution in [-0.4, -0.2) is 66.1 Å². The third-order valence-corrected chi connectivity index (χ3v) is 5.95. The van der Waals surface area contributed by atoms with Gasteiger partial charge in [-0.25, -0.2) is 9.59 Å². The Bertz CT molecular complexity index is 1090. The first-order valence-electron chi connectivity index (χ1n) is 11.7. The molecule has 1 fully saturated rings. The van der Waals surface area contributed by atoms with Gasteiger partial charge in [0.1, 0.15) is 11.4 Å². The van der Waals surface area contributed by atoms with E-state index in [1.54, 1.807) is 18.2 Å². The second-order valence-corrected chi connectivity index (χ2v) is 9.90. The summed E-state index contributed by atoms with van der Waals surface area (Å²) in [6.45, 7) is 13.6. The number of carbonyl (C=O) groups excluding carboxylic acids is 1. The molecule has 2 amide bonds. The summed E-state index contributed by atoms with van der Waals surface area (Å²) in [5.41, 5.74) is 4.46. The summed E-state index contributed by atoms with van der Waals surface area (Å²) < 4.78 is 11.3. The van der Waals surface area contributed by atoms with E-state index in [0.717, 1.165) is 33.8 Å². The molecule has 0 bridgehead atoms. The first-order chi connectivity index (χ1) is 16.4. The molecule has 1 aliphatic heterocycles. The van der Waals surface area contributed by atoms with Gasteiger partial charge in [-0.15, -0.1) is 0 Å². The van der Waals surface area contributed by atoms with Gasteiger partial charge in [-0.05, 0) is 65.3 Å². The Kier molecular flexibility index (Phi) is 7.77. The van der Waals surface area contributed by atoms with E-state index in [1.807, 2.05) is 59.7 Å². The molecule has 2 heterocycles. The molecule has 190 valence electrons. The van der Waals surface area contributed by atoms with Gasteiger partial charge in [-0.3, -0.25) is 9.88 Å². The number of nitrogens with zero attached hydrogens (tertiary/aromatic N) is 4. The van der Waals surface area contributed by atoms with Crippen LogP contribution in [0.15, 0.2) is 24.4 Å². The standard InChI is InChI=1S/C26H36N4O5/c1-17-12-20(28-8-10-29(11-9-28)24(31)32)14-21(13-17)30(25(33)35-26(4,5)6)16-22-19(3)23(34-7)18(2)15-27-22/h12-15H,8-11,16H2,1-7H3,(H,31,32). The van der Waals surface area contributed by atoms with E-state index >= 15 is 0 Å². The lowest BCUT2D eigenvalue weighted by Gasteiger charge is -2.35. The van der Waals surface area contributed by atoms with Crippen LogP contribution in [0.2, 0.25) is 0 Å². The summed E-state index contributed by atoms with van der Waals surface area (Å²) in [7, 11) is 1.63. The monoisotopic (exact) mass is 484 g/mol. The van der Waals surface area contributed by atoms with Crippen molar-refractivity contribution in [3.63, 3.8) is 0 Å². The molecule has 0 radical (unpaired) electrons. The molecular weight excluding hydrogens is 448 g/mol. The van der Waals surface area contributed by atoms with Crippen molar-refractivity contribution in [2.24, 2.45) is 0 Å². The number of aromatic nitrogens is 1. The predicted molar refractivity (Wildman–Crippen MR) is 136 cm³/mol. The van der Waals surface area contributed by atoms with Crippen molar-refractivity contribution in [1.29, 1.82) is 0 Å². The normalized spacial score (nSPS) is 14.0. The molecule has 0 saturated carbocycles. The molecular formula is C26H36N4O5. The molecule has 3 rings (SSSR count). The number of carbonyl (C=O) groups is 2. The molecule has 1 saturated heterocycles. The van der Waals surface area contributed by atoms with E-state index in [9.17, 15) is 14.7 Å². The Morgan fingerprint density at radius 1 is 1.09 bits per heavy atom. The molecule has 1 aromatic heterocycles. The number of pyridine rings is 1. The molecule has 9 nitrogen and oxygen atoms in total. The Morgan fingerprint density at radius 3 is 2.31 bits per heavy atom. The number of amides is 2. The van der Waals surface area contributed by atoms with Crippen LogP contribution in [0.4, 0.5) is 21.0 Å². The van der Waals surface area contributed by atoms with E-state index in [2.05, 4.69) is 9.88 Å². The Hall–Kier alpha value is -3.49. The van der Waals surface area contributed by atoms with Crippen LogP contribution < -0.4 is 14.5 Å². The number of hydrogen-bond donors (Lipinski definition) is 1. The summed E-state index contributed by atoms with van der Waals surface area (Å²) >= 11 is 0. The second kappa shape index (κ2) is 10.4. The first kappa shape index (κ1) is 26.1. The SMILES string of the molecule is COc1c(C)cnc(CN(C(=O)OC(C)(C)C)c2cc(C)cc(N3CCN(C(=O)O)CC3)c2)c1C. The zero-order chi connectivity index (χ0) is 25.9. The smallest absolute Gasteiger partial charge is 0.415 e. The molecule has 0 aliphatic carbocycles. The van der Waals surface area contributed by atoms with Crippen LogP contribution in [0, 0.1) is 20.8 Å². The fraction of sp³-hybridized carbons (Fsp3) is 0.500. The second-order valence-electron chi connectivity index (χ2n) is 9.90. The number of hydrogen-bond acceptors (Lipinski definition) is 6. The van der Waals surface area contributed by atoms with E-state index in [4.69, 9.17) is 9.47 Å². The van der Waals surface area contributed by atoms with E-state index in [-0.39, 0.29) is 6.54 Å². The highest BCUT2D eigenvalue weighted by Gasteiger charge is 2.27. The van der Waals surface area contributed by atoms with Crippen molar-refractivity contribution < 1.29 is 24.2 Å². The minimum Gasteiger partial charge on any atom is -0.496 e. The van der Waals surface area contributed by atoms with Crippen LogP contribution in [0.25, 0.3) is 0 Å². The van der Waals surface area contributed by atoms with Crippen molar-refractivity contribution in [3.8, 4) is 5.75 Å². The third kappa shape index (κ3) is 6.35. The molecule has 0 spiro atoms. The third-order valence-electron chi connectivity index (χ3n) is 5.95. The lowest BCUT2D eigenvalue weighted by molar-refractivity contribution is 0.0577. The zero-order valence-electron chi connectivity index (χ0n) is 21.7. The summed E-state index contributed by atoms with van der Waals surface area (Å²) in [5.74, 6) is 0.750. The summed E-state index contributed by atoms with van der Waals surface area (Å²) in [5, 5.41) is 9.26. The Morgan fingerprint density at radius 2 is 1.74 bits per heavy atom. The fourth-order valence-corrected chi connectivity index (χ4v) is 4.20. The lowest BCUT2D eigenvalue weighted by Crippen LogP contribution is -2.48. The molecule has 0 unspecified atom stereocenters. The van der Waals surface area contributed by atoms with Gasteiger partial charge < -0.3 is 24.4 Å². The Balaban J connectivity index is 1.98. The number of rotatable bonds is 5. The maximum absolute atomic E-state index is 13.4. The van der Waals surface area contributed by atoms with Crippen molar-refractivity contribution in [3.05, 3.63) is 46.8 Å². The summed E-state index contributed by atoms with van der Waals surface area (Å²) in [6.07, 6.45) is 0.380. The number of ether oxygens (including phenoxy) is 2. The largest absolute Gasteiger partial charge is 0.496 e. The molecule has 1 N–H and O–H groups in total. The summed E-state index contributed by atoms with van der Waals surface area (Å²) in [6, 6.07) is 5.95. The van der Waals surface area contributed by atoms with E-state index in [0.29, 0.717) is 31.9 Å². The van der Waals surface area contributed by atoms with Crippen LogP contribution in [0.5, 0.6) is 5.75 Å². The van der Waals surface area contributed by atoms with Crippen LogP contribution >= 0.6 is 0 Å². The van der Waals surface area contributed by atoms with Crippen molar-refractivity contribution in [2.75, 3.05) is 43.1 Å². The highest BCUT2D eigenvalue weighted by Crippen LogP contribution is 2.31. The topological polar surface area (TPSA) is 95.4 Å². The van der Waals surface area contributed by atoms with Gasteiger partial charge in [0.05, 0.1) is 19.3 Å². The van der Waals surface area contributed by atoms with Crippen LogP contribution in [-0.2, 0) is 11.3 Å². The van der Waals surface area contributed by atoms with E-state index in [1.165, 1.54) is 4.90 Å². The maximum Gasteiger partial charge on any atom is 0.415 e. The molecule has 35 heavy (non-hydrogen) atoms. The molecule has 0 atom stereocenters. The van der Waals surface area contributed by atoms with Gasteiger partial charge in [0.25, 0.3) is 0 Å². The predicted octanol–water partition coefficient (Wildman–Crippen LogP) is 4.76. The number of piperazine rings is 1. The first-order valence-corrected chi connectivity index (χ1v) is 11.7. The number of methoxy groups -OCH3 is 1. The average molecular weight is 485 g/mol. The van der Waals surface area contributed by atoms with Crippen molar-refractivity contribution in [2.45, 2.75) is 53.7 Å². The van der Waals surface area contributed by atoms with Gasteiger partial charge in [-0.1, -0.05) is 0 Å². The van der Waals surface area contributed by atoms with Gasteiger partial charge in [-0.2, -0.15) is 0 Å². The average Bonchev–Trinajstić information content (AvgIpc) is 2.77. The molecule has 2 aromatic rings. The van der Waals surface area contributed by atoms with Gasteiger partial charge in [0.15, 0.2) is 0 Å². The van der Waals surface area contributed by atoms with Gasteiger partial charge in [0, 0.05) is 54.9 Å². The van der Waals surface area contributed by atoms with Crippen molar-refractivity contribution in [1.82, 2.24) is 9.88 Å². The number of anilines is 2. The molecule has 1 aliphatic rings. The van der Waals surface area contributed by atoms with E-state index < -0.39 is 17.8 Å². The molecule has 1 aromatic carbocycles. The van der Waals surface area contributed by atoms with Crippen LogP contribution in [0.1, 0.15) is 43.2 Å². The lowest BCUT2D eigenvalue weighted by atomic mass is 10.1. The maximum atomic E-state index is 13.4. The van der Waals surface area contributed by atoms with Gasteiger partial charge >= 0.3 is 12.2 Å². The van der Waals surface area contributed by atoms with Crippen LogP contribution in [0.3, 0.4) is 0 Å². The highest BCUT2D eigenvalue weighted by atomic mass is 16.6. The van der Waals surface area contributed by atoms with Crippen molar-refractivity contribution >= 4 is 23.6 Å². The highest BCUT2D eigenvalue weighted by molar-refractivity contribution is 5.89. The quantitative estimate of drug-likeness (QED) is 0.654.